The molecule has 0 spiro atoms. The first-order chi connectivity index (χ1) is 12.4. The van der Waals surface area contributed by atoms with Gasteiger partial charge in [-0.05, 0) is 6.42 Å². The SMILES string of the molecule is CCCCCCCCCCON(C)C(=C=O)[C@H](O)[C@@H](O)[C@H](O)[C@H](O)CO. The molecule has 0 aliphatic carbocycles. The van der Waals surface area contributed by atoms with E-state index in [0.717, 1.165) is 24.3 Å². The van der Waals surface area contributed by atoms with Crippen LogP contribution >= 0.6 is 0 Å². The predicted molar refractivity (Wildman–Crippen MR) is 96.6 cm³/mol. The molecule has 0 aromatic carbocycles. The molecule has 0 unspecified atom stereocenters. The molecule has 0 radical (unpaired) electrons. The van der Waals surface area contributed by atoms with Gasteiger partial charge in [0.15, 0.2) is 11.6 Å². The summed E-state index contributed by atoms with van der Waals surface area (Å²) in [6, 6.07) is 0. The zero-order chi connectivity index (χ0) is 19.9. The van der Waals surface area contributed by atoms with Gasteiger partial charge in [-0.3, -0.25) is 4.84 Å². The van der Waals surface area contributed by atoms with E-state index in [9.17, 15) is 25.2 Å². The van der Waals surface area contributed by atoms with E-state index >= 15 is 0 Å². The monoisotopic (exact) mass is 377 g/mol. The van der Waals surface area contributed by atoms with Gasteiger partial charge in [-0.25, -0.2) is 9.86 Å². The van der Waals surface area contributed by atoms with Crippen molar-refractivity contribution in [2.45, 2.75) is 82.7 Å². The zero-order valence-electron chi connectivity index (χ0n) is 15.9. The first kappa shape index (κ1) is 25.0. The van der Waals surface area contributed by atoms with Crippen molar-refractivity contribution in [3.63, 3.8) is 0 Å². The molecular formula is C18H35NO7. The minimum Gasteiger partial charge on any atom is -0.394 e. The lowest BCUT2D eigenvalue weighted by Gasteiger charge is -2.29. The third kappa shape index (κ3) is 9.64. The highest BCUT2D eigenvalue weighted by Crippen LogP contribution is 2.14. The number of aliphatic hydroxyl groups excluding tert-OH is 5. The van der Waals surface area contributed by atoms with E-state index in [2.05, 4.69) is 6.92 Å². The van der Waals surface area contributed by atoms with Crippen molar-refractivity contribution >= 4 is 5.94 Å². The van der Waals surface area contributed by atoms with Crippen LogP contribution in [0.4, 0.5) is 0 Å². The Hall–Kier alpha value is -0.990. The quantitative estimate of drug-likeness (QED) is 0.146. The standard InChI is InChI=1S/C18H35NO7/c1-3-4-5-6-7-8-9-10-11-26-19(2)14(12-20)16(23)18(25)17(24)15(22)13-21/h15-18,21-25H,3-11,13H2,1-2H3/t15-,16+,17-,18-/m1/s1. The Morgan fingerprint density at radius 3 is 2.00 bits per heavy atom. The normalized spacial score (nSPS) is 15.8. The number of unbranched alkanes of at least 4 members (excludes halogenated alkanes) is 7. The Labute approximate surface area is 155 Å². The summed E-state index contributed by atoms with van der Waals surface area (Å²) in [6.45, 7) is 1.72. The molecule has 0 heterocycles. The van der Waals surface area contributed by atoms with E-state index in [1.165, 1.54) is 45.1 Å². The summed E-state index contributed by atoms with van der Waals surface area (Å²) in [5.74, 6) is 1.48. The Balaban J connectivity index is 4.17. The van der Waals surface area contributed by atoms with Crippen molar-refractivity contribution in [2.75, 3.05) is 20.3 Å². The van der Waals surface area contributed by atoms with E-state index < -0.39 is 36.7 Å². The molecule has 0 aromatic rings. The topological polar surface area (TPSA) is 131 Å². The molecule has 0 aliphatic rings. The lowest BCUT2D eigenvalue weighted by molar-refractivity contribution is -0.149. The molecule has 8 heteroatoms. The van der Waals surface area contributed by atoms with Gasteiger partial charge in [0, 0.05) is 7.05 Å². The first-order valence-corrected chi connectivity index (χ1v) is 9.35. The maximum atomic E-state index is 11.1. The van der Waals surface area contributed by atoms with Crippen molar-refractivity contribution in [3.8, 4) is 0 Å². The highest BCUT2D eigenvalue weighted by atomic mass is 16.7. The third-order valence-electron chi connectivity index (χ3n) is 4.26. The number of likely N-dealkylation sites (N-methyl/N-ethyl adjacent to an activating group) is 1. The third-order valence-corrected chi connectivity index (χ3v) is 4.26. The molecule has 0 bridgehead atoms. The van der Waals surface area contributed by atoms with Gasteiger partial charge in [-0.2, -0.15) is 0 Å². The number of nitrogens with zero attached hydrogens (tertiary/aromatic N) is 1. The Morgan fingerprint density at radius 2 is 1.50 bits per heavy atom. The number of hydrogen-bond donors (Lipinski definition) is 5. The molecular weight excluding hydrogens is 342 g/mol. The number of rotatable bonds is 16. The van der Waals surface area contributed by atoms with Crippen LogP contribution < -0.4 is 0 Å². The number of hydrogen-bond acceptors (Lipinski definition) is 8. The van der Waals surface area contributed by atoms with Crippen LogP contribution in [-0.4, -0.2) is 81.2 Å². The van der Waals surface area contributed by atoms with Crippen LogP contribution in [0.3, 0.4) is 0 Å². The second-order valence-corrected chi connectivity index (χ2v) is 6.47. The van der Waals surface area contributed by atoms with Gasteiger partial charge in [-0.1, -0.05) is 51.9 Å². The zero-order valence-corrected chi connectivity index (χ0v) is 15.9. The van der Waals surface area contributed by atoms with Crippen molar-refractivity contribution in [1.82, 2.24) is 5.06 Å². The number of aliphatic hydroxyl groups is 5. The van der Waals surface area contributed by atoms with E-state index in [4.69, 9.17) is 9.94 Å². The van der Waals surface area contributed by atoms with Crippen molar-refractivity contribution in [3.05, 3.63) is 5.70 Å². The van der Waals surface area contributed by atoms with Gasteiger partial charge < -0.3 is 25.5 Å². The van der Waals surface area contributed by atoms with Crippen LogP contribution in [0.2, 0.25) is 0 Å². The fraction of sp³-hybridized carbons (Fsp3) is 0.889. The second kappa shape index (κ2) is 15.1. The average molecular weight is 377 g/mol. The van der Waals surface area contributed by atoms with E-state index in [0.29, 0.717) is 6.61 Å². The second-order valence-electron chi connectivity index (χ2n) is 6.47. The Morgan fingerprint density at radius 1 is 0.962 bits per heavy atom. The van der Waals surface area contributed by atoms with Crippen LogP contribution in [0, 0.1) is 0 Å². The number of carbonyl (C=O) groups excluding carboxylic acids is 1. The van der Waals surface area contributed by atoms with Gasteiger partial charge in [-0.15, -0.1) is 0 Å². The molecule has 154 valence electrons. The fourth-order valence-corrected chi connectivity index (χ4v) is 2.50. The smallest absolute Gasteiger partial charge is 0.155 e. The van der Waals surface area contributed by atoms with E-state index in [-0.39, 0.29) is 0 Å². The van der Waals surface area contributed by atoms with Gasteiger partial charge in [0.2, 0.25) is 0 Å². The van der Waals surface area contributed by atoms with Gasteiger partial charge >= 0.3 is 0 Å². The fourth-order valence-electron chi connectivity index (χ4n) is 2.50. The summed E-state index contributed by atoms with van der Waals surface area (Å²) in [6.07, 6.45) is 1.92. The lowest BCUT2D eigenvalue weighted by atomic mass is 10.0. The molecule has 0 aliphatic heterocycles. The van der Waals surface area contributed by atoms with Crippen LogP contribution in [0.15, 0.2) is 5.70 Å². The summed E-state index contributed by atoms with van der Waals surface area (Å²) in [5.41, 5.74) is -0.402. The lowest BCUT2D eigenvalue weighted by Crippen LogP contribution is -2.48. The first-order valence-electron chi connectivity index (χ1n) is 9.35. The van der Waals surface area contributed by atoms with Crippen molar-refractivity contribution in [2.24, 2.45) is 0 Å². The molecule has 4 atom stereocenters. The number of hydroxylamine groups is 2. The molecule has 0 aromatic heterocycles. The average Bonchev–Trinajstić information content (AvgIpc) is 2.65. The molecule has 0 fully saturated rings. The largest absolute Gasteiger partial charge is 0.394 e. The molecule has 0 saturated heterocycles. The summed E-state index contributed by atoms with van der Waals surface area (Å²) in [4.78, 5) is 16.4. The highest BCUT2D eigenvalue weighted by molar-refractivity contribution is 5.53. The van der Waals surface area contributed by atoms with Crippen molar-refractivity contribution < 1.29 is 35.2 Å². The van der Waals surface area contributed by atoms with Crippen molar-refractivity contribution in [1.29, 1.82) is 0 Å². The van der Waals surface area contributed by atoms with Gasteiger partial charge in [0.25, 0.3) is 0 Å². The molecule has 0 amide bonds. The summed E-state index contributed by atoms with van der Waals surface area (Å²) in [5, 5.41) is 48.5. The van der Waals surface area contributed by atoms with Crippen LogP contribution in [-0.2, 0) is 9.63 Å². The predicted octanol–water partition coefficient (Wildman–Crippen LogP) is 0.142. The minimum atomic E-state index is -1.87. The van der Waals surface area contributed by atoms with Gasteiger partial charge in [0.05, 0.1) is 13.2 Å². The Kier molecular flexibility index (Phi) is 14.5. The van der Waals surface area contributed by atoms with E-state index in [1.54, 1.807) is 0 Å². The summed E-state index contributed by atoms with van der Waals surface area (Å²) < 4.78 is 0. The molecule has 5 N–H and O–H groups in total. The molecule has 0 rings (SSSR count). The Bertz CT molecular complexity index is 401. The molecule has 0 saturated carbocycles. The maximum Gasteiger partial charge on any atom is 0.155 e. The molecule has 26 heavy (non-hydrogen) atoms. The highest BCUT2D eigenvalue weighted by Gasteiger charge is 2.34. The summed E-state index contributed by atoms with van der Waals surface area (Å²) in [7, 11) is 1.38. The van der Waals surface area contributed by atoms with Gasteiger partial charge in [0.1, 0.15) is 24.4 Å². The van der Waals surface area contributed by atoms with Crippen LogP contribution in [0.25, 0.3) is 0 Å². The molecule has 8 nitrogen and oxygen atoms in total. The maximum absolute atomic E-state index is 11.1. The summed E-state index contributed by atoms with van der Waals surface area (Å²) >= 11 is 0. The van der Waals surface area contributed by atoms with E-state index in [1.807, 2.05) is 0 Å². The van der Waals surface area contributed by atoms with Crippen LogP contribution in [0.5, 0.6) is 0 Å². The minimum absolute atomic E-state index is 0.335. The van der Waals surface area contributed by atoms with Crippen LogP contribution in [0.1, 0.15) is 58.3 Å².